The van der Waals surface area contributed by atoms with Crippen LogP contribution in [0, 0.1) is 0 Å². The Kier molecular flexibility index (Phi) is 4.42. The van der Waals surface area contributed by atoms with Crippen LogP contribution in [0.2, 0.25) is 0 Å². The first kappa shape index (κ1) is 14.6. The third-order valence-electron chi connectivity index (χ3n) is 2.80. The molecular weight excluding hydrogens is 322 g/mol. The number of nitrogens with two attached hydrogens (primary N) is 1. The second-order valence-corrected chi connectivity index (χ2v) is 5.18. The van der Waals surface area contributed by atoms with Gasteiger partial charge in [-0.15, -0.1) is 0 Å². The van der Waals surface area contributed by atoms with Crippen molar-refractivity contribution in [3.8, 4) is 11.5 Å². The minimum atomic E-state index is -0.573. The minimum Gasteiger partial charge on any atom is -0.456 e. The molecule has 0 aliphatic rings. The highest BCUT2D eigenvalue weighted by atomic mass is 79.9. The average molecular weight is 336 g/mol. The number of carbonyl (C=O) groups excluding carboxylic acids is 1. The average Bonchev–Trinajstić information content (AvgIpc) is 2.38. The monoisotopic (exact) mass is 335 g/mol. The van der Waals surface area contributed by atoms with E-state index in [1.165, 1.54) is 0 Å². The molecule has 20 heavy (non-hydrogen) atoms. The van der Waals surface area contributed by atoms with Gasteiger partial charge in [-0.05, 0) is 36.8 Å². The maximum Gasteiger partial charge on any atom is 0.252 e. The molecule has 104 valence electrons. The number of rotatable bonds is 4. The van der Waals surface area contributed by atoms with Crippen molar-refractivity contribution in [2.24, 2.45) is 5.73 Å². The van der Waals surface area contributed by atoms with Gasteiger partial charge in [-0.2, -0.15) is 0 Å². The second kappa shape index (κ2) is 6.07. The van der Waals surface area contributed by atoms with Crippen LogP contribution in [0.25, 0.3) is 0 Å². The van der Waals surface area contributed by atoms with Crippen LogP contribution < -0.4 is 10.5 Å². The van der Waals surface area contributed by atoms with Gasteiger partial charge in [0.1, 0.15) is 11.5 Å². The number of amides is 1. The van der Waals surface area contributed by atoms with Crippen LogP contribution in [0.5, 0.6) is 11.5 Å². The quantitative estimate of drug-likeness (QED) is 0.899. The molecule has 0 fully saturated rings. The molecule has 0 aliphatic heterocycles. The smallest absolute Gasteiger partial charge is 0.252 e. The summed E-state index contributed by atoms with van der Waals surface area (Å²) in [5.74, 6) is 0.409. The zero-order valence-corrected chi connectivity index (χ0v) is 12.4. The fourth-order valence-corrected chi connectivity index (χ4v) is 2.49. The van der Waals surface area contributed by atoms with Gasteiger partial charge in [0, 0.05) is 4.47 Å². The van der Waals surface area contributed by atoms with Crippen molar-refractivity contribution in [3.05, 3.63) is 58.1 Å². The fraction of sp³-hybridized carbons (Fsp3) is 0.133. The molecule has 2 aromatic carbocycles. The highest BCUT2D eigenvalue weighted by Crippen LogP contribution is 2.31. The van der Waals surface area contributed by atoms with E-state index in [9.17, 15) is 9.90 Å². The maximum absolute atomic E-state index is 11.3. The van der Waals surface area contributed by atoms with Gasteiger partial charge in [-0.3, -0.25) is 4.79 Å². The molecule has 1 amide bonds. The number of carbonyl (C=O) groups is 1. The molecule has 0 radical (unpaired) electrons. The number of halogens is 1. The van der Waals surface area contributed by atoms with Gasteiger partial charge in [0.15, 0.2) is 0 Å². The predicted octanol–water partition coefficient (Wildman–Crippen LogP) is 3.39. The van der Waals surface area contributed by atoms with Crippen LogP contribution in [-0.2, 0) is 0 Å². The zero-order chi connectivity index (χ0) is 14.7. The molecule has 1 atom stereocenters. The number of aliphatic hydroxyl groups excluding tert-OH is 1. The van der Waals surface area contributed by atoms with Gasteiger partial charge < -0.3 is 15.6 Å². The number of hydrogen-bond acceptors (Lipinski definition) is 3. The SMILES string of the molecule is CC(O)c1ccc(Oc2ccccc2C(N)=O)cc1Br. The van der Waals surface area contributed by atoms with Gasteiger partial charge in [0.25, 0.3) is 5.91 Å². The lowest BCUT2D eigenvalue weighted by molar-refractivity contribution is 0.0998. The van der Waals surface area contributed by atoms with E-state index in [2.05, 4.69) is 15.9 Å². The van der Waals surface area contributed by atoms with Crippen LogP contribution in [0.15, 0.2) is 46.9 Å². The Morgan fingerprint density at radius 2 is 2.00 bits per heavy atom. The van der Waals surface area contributed by atoms with Gasteiger partial charge in [-0.25, -0.2) is 0 Å². The molecule has 5 heteroatoms. The number of para-hydroxylation sites is 1. The van der Waals surface area contributed by atoms with Crippen LogP contribution in [0.1, 0.15) is 28.9 Å². The predicted molar refractivity (Wildman–Crippen MR) is 79.8 cm³/mol. The molecule has 1 unspecified atom stereocenters. The minimum absolute atomic E-state index is 0.322. The van der Waals surface area contributed by atoms with Crippen molar-refractivity contribution in [1.29, 1.82) is 0 Å². The largest absolute Gasteiger partial charge is 0.456 e. The molecule has 0 saturated carbocycles. The molecule has 4 nitrogen and oxygen atoms in total. The van der Waals surface area contributed by atoms with Crippen LogP contribution >= 0.6 is 15.9 Å². The highest BCUT2D eigenvalue weighted by Gasteiger charge is 2.11. The zero-order valence-electron chi connectivity index (χ0n) is 10.8. The summed E-state index contributed by atoms with van der Waals surface area (Å²) >= 11 is 3.38. The fourth-order valence-electron chi connectivity index (χ4n) is 1.80. The summed E-state index contributed by atoms with van der Waals surface area (Å²) in [6.45, 7) is 1.68. The lowest BCUT2D eigenvalue weighted by Gasteiger charge is -2.12. The van der Waals surface area contributed by atoms with Crippen molar-refractivity contribution in [3.63, 3.8) is 0 Å². The van der Waals surface area contributed by atoms with Gasteiger partial charge >= 0.3 is 0 Å². The Hall–Kier alpha value is -1.85. The van der Waals surface area contributed by atoms with E-state index >= 15 is 0 Å². The highest BCUT2D eigenvalue weighted by molar-refractivity contribution is 9.10. The Morgan fingerprint density at radius 1 is 1.30 bits per heavy atom. The van der Waals surface area contributed by atoms with Crippen molar-refractivity contribution >= 4 is 21.8 Å². The Labute approximate surface area is 125 Å². The molecule has 3 N–H and O–H groups in total. The van der Waals surface area contributed by atoms with E-state index in [-0.39, 0.29) is 0 Å². The van der Waals surface area contributed by atoms with Crippen molar-refractivity contribution in [2.75, 3.05) is 0 Å². The van der Waals surface area contributed by atoms with Gasteiger partial charge in [0.05, 0.1) is 11.7 Å². The van der Waals surface area contributed by atoms with Crippen LogP contribution in [-0.4, -0.2) is 11.0 Å². The molecule has 0 heterocycles. The summed E-state index contributed by atoms with van der Waals surface area (Å²) in [5, 5.41) is 9.57. The number of benzene rings is 2. The van der Waals surface area contributed by atoms with E-state index in [0.717, 1.165) is 10.0 Å². The van der Waals surface area contributed by atoms with Crippen molar-refractivity contribution in [1.82, 2.24) is 0 Å². The van der Waals surface area contributed by atoms with Gasteiger partial charge in [0.2, 0.25) is 0 Å². The summed E-state index contributed by atoms with van der Waals surface area (Å²) in [4.78, 5) is 11.3. The summed E-state index contributed by atoms with van der Waals surface area (Å²) in [7, 11) is 0. The third kappa shape index (κ3) is 3.18. The summed E-state index contributed by atoms with van der Waals surface area (Å²) in [6.07, 6.45) is -0.573. The van der Waals surface area contributed by atoms with E-state index in [1.807, 2.05) is 0 Å². The first-order chi connectivity index (χ1) is 9.49. The number of primary amides is 1. The lowest BCUT2D eigenvalue weighted by Crippen LogP contribution is -2.11. The number of aliphatic hydroxyl groups is 1. The van der Waals surface area contributed by atoms with Gasteiger partial charge in [-0.1, -0.05) is 34.1 Å². The lowest BCUT2D eigenvalue weighted by atomic mass is 10.1. The molecular formula is C15H14BrNO3. The molecule has 0 saturated heterocycles. The molecule has 2 aromatic rings. The van der Waals surface area contributed by atoms with E-state index in [4.69, 9.17) is 10.5 Å². The van der Waals surface area contributed by atoms with E-state index in [0.29, 0.717) is 17.1 Å². The van der Waals surface area contributed by atoms with Crippen molar-refractivity contribution < 1.29 is 14.6 Å². The standard InChI is InChI=1S/C15H14BrNO3/c1-9(18)11-7-6-10(8-13(11)16)20-14-5-3-2-4-12(14)15(17)19/h2-9,18H,1H3,(H2,17,19). The molecule has 0 aromatic heterocycles. The Balaban J connectivity index is 2.31. The molecule has 0 spiro atoms. The van der Waals surface area contributed by atoms with Crippen molar-refractivity contribution in [2.45, 2.75) is 13.0 Å². The van der Waals surface area contributed by atoms with Crippen LogP contribution in [0.3, 0.4) is 0 Å². The summed E-state index contributed by atoms with van der Waals surface area (Å²) in [6, 6.07) is 12.0. The number of hydrogen-bond donors (Lipinski definition) is 2. The first-order valence-corrected chi connectivity index (χ1v) is 6.82. The topological polar surface area (TPSA) is 72.6 Å². The maximum atomic E-state index is 11.3. The number of ether oxygens (including phenoxy) is 1. The molecule has 0 aliphatic carbocycles. The second-order valence-electron chi connectivity index (χ2n) is 4.32. The summed E-state index contributed by atoms with van der Waals surface area (Å²) < 4.78 is 6.41. The first-order valence-electron chi connectivity index (χ1n) is 6.03. The Bertz CT molecular complexity index is 641. The molecule has 2 rings (SSSR count). The summed E-state index contributed by atoms with van der Waals surface area (Å²) in [5.41, 5.74) is 6.39. The third-order valence-corrected chi connectivity index (χ3v) is 3.49. The molecule has 0 bridgehead atoms. The van der Waals surface area contributed by atoms with E-state index < -0.39 is 12.0 Å². The normalized spacial score (nSPS) is 11.9. The Morgan fingerprint density at radius 3 is 2.60 bits per heavy atom. The van der Waals surface area contributed by atoms with Crippen LogP contribution in [0.4, 0.5) is 0 Å². The van der Waals surface area contributed by atoms with E-state index in [1.54, 1.807) is 49.4 Å².